The number of aryl methyl sites for hydroxylation is 1. The lowest BCUT2D eigenvalue weighted by Crippen LogP contribution is -2.54. The fourth-order valence-electron chi connectivity index (χ4n) is 2.59. The summed E-state index contributed by atoms with van der Waals surface area (Å²) in [5.41, 5.74) is 0.942. The molecule has 0 spiro atoms. The highest BCUT2D eigenvalue weighted by Crippen LogP contribution is 2.36. The lowest BCUT2D eigenvalue weighted by atomic mass is 9.75. The number of aromatic nitrogens is 2. The molecule has 1 N–H and O–H groups in total. The molecule has 1 aromatic rings. The van der Waals surface area contributed by atoms with Crippen LogP contribution < -0.4 is 10.9 Å². The van der Waals surface area contributed by atoms with Gasteiger partial charge in [0.1, 0.15) is 4.47 Å². The number of nitrogens with one attached hydrogen (secondary N) is 1. The van der Waals surface area contributed by atoms with E-state index >= 15 is 0 Å². The van der Waals surface area contributed by atoms with Crippen molar-refractivity contribution in [1.82, 2.24) is 14.7 Å². The summed E-state index contributed by atoms with van der Waals surface area (Å²) in [6, 6.07) is 0. The van der Waals surface area contributed by atoms with Crippen LogP contribution >= 0.6 is 15.9 Å². The molecule has 1 fully saturated rings. The average molecular weight is 343 g/mol. The number of likely N-dealkylation sites (N-methyl/N-ethyl adjacent to an activating group) is 1. The van der Waals surface area contributed by atoms with Crippen LogP contribution in [0.5, 0.6) is 0 Å². The predicted molar refractivity (Wildman–Crippen MR) is 85.2 cm³/mol. The molecule has 0 aliphatic heterocycles. The van der Waals surface area contributed by atoms with Crippen LogP contribution in [0, 0.1) is 0 Å². The van der Waals surface area contributed by atoms with Gasteiger partial charge in [-0.05, 0) is 55.7 Å². The first-order chi connectivity index (χ1) is 9.50. The third-order valence-electron chi connectivity index (χ3n) is 4.26. The molecule has 0 aromatic carbocycles. The first-order valence-electron chi connectivity index (χ1n) is 7.17. The van der Waals surface area contributed by atoms with Gasteiger partial charge >= 0.3 is 0 Å². The molecule has 112 valence electrons. The Balaban J connectivity index is 2.11. The molecule has 2 rings (SSSR count). The van der Waals surface area contributed by atoms with Crippen molar-refractivity contribution in [2.75, 3.05) is 26.0 Å². The first kappa shape index (κ1) is 15.5. The van der Waals surface area contributed by atoms with E-state index < -0.39 is 0 Å². The highest BCUT2D eigenvalue weighted by atomic mass is 79.9. The summed E-state index contributed by atoms with van der Waals surface area (Å²) in [4.78, 5) is 14.4. The van der Waals surface area contributed by atoms with E-state index in [0.717, 1.165) is 18.7 Å². The maximum atomic E-state index is 12.1. The summed E-state index contributed by atoms with van der Waals surface area (Å²) in [7, 11) is 4.24. The van der Waals surface area contributed by atoms with Gasteiger partial charge in [0.05, 0.1) is 11.9 Å². The molecule has 1 aromatic heterocycles. The summed E-state index contributed by atoms with van der Waals surface area (Å²) in [6.07, 6.45) is 6.31. The van der Waals surface area contributed by atoms with Crippen molar-refractivity contribution in [3.63, 3.8) is 0 Å². The third-order valence-corrected chi connectivity index (χ3v) is 5.03. The summed E-state index contributed by atoms with van der Waals surface area (Å²) >= 11 is 3.40. The van der Waals surface area contributed by atoms with E-state index in [1.54, 1.807) is 6.20 Å². The number of nitrogens with zero attached hydrogens (tertiary/aromatic N) is 3. The molecule has 0 saturated heterocycles. The summed E-state index contributed by atoms with van der Waals surface area (Å²) in [5, 5.41) is 7.60. The molecule has 1 saturated carbocycles. The number of halogens is 1. The predicted octanol–water partition coefficient (Wildman–Crippen LogP) is 2.31. The number of rotatable bonds is 6. The maximum absolute atomic E-state index is 12.1. The standard InChI is InChI=1S/C14H23BrN4O/c1-4-8-19-13(20)12(15)11(9-17-19)16-10-14(18(2)3)6-5-7-14/h9,16H,4-8,10H2,1-3H3. The van der Waals surface area contributed by atoms with Crippen molar-refractivity contribution in [3.05, 3.63) is 21.0 Å². The Morgan fingerprint density at radius 2 is 2.20 bits per heavy atom. The Morgan fingerprint density at radius 1 is 1.50 bits per heavy atom. The molecule has 0 radical (unpaired) electrons. The fraction of sp³-hybridized carbons (Fsp3) is 0.714. The van der Waals surface area contributed by atoms with Crippen molar-refractivity contribution < 1.29 is 0 Å². The van der Waals surface area contributed by atoms with Crippen LogP contribution in [-0.2, 0) is 6.54 Å². The Morgan fingerprint density at radius 3 is 2.70 bits per heavy atom. The second kappa shape index (κ2) is 6.26. The smallest absolute Gasteiger partial charge is 0.283 e. The Labute approximate surface area is 128 Å². The zero-order valence-corrected chi connectivity index (χ0v) is 14.0. The molecule has 5 nitrogen and oxygen atoms in total. The minimum Gasteiger partial charge on any atom is -0.381 e. The van der Waals surface area contributed by atoms with Gasteiger partial charge in [0, 0.05) is 18.6 Å². The van der Waals surface area contributed by atoms with Crippen LogP contribution in [0.1, 0.15) is 32.6 Å². The SMILES string of the molecule is CCCn1ncc(NCC2(N(C)C)CCC2)c(Br)c1=O. The largest absolute Gasteiger partial charge is 0.381 e. The van der Waals surface area contributed by atoms with Gasteiger partial charge in [-0.1, -0.05) is 6.92 Å². The van der Waals surface area contributed by atoms with E-state index in [-0.39, 0.29) is 11.1 Å². The molecule has 0 bridgehead atoms. The zero-order valence-electron chi connectivity index (χ0n) is 12.4. The van der Waals surface area contributed by atoms with Crippen molar-refractivity contribution in [2.24, 2.45) is 0 Å². The highest BCUT2D eigenvalue weighted by molar-refractivity contribution is 9.10. The Kier molecular flexibility index (Phi) is 4.86. The Hall–Kier alpha value is -0.880. The van der Waals surface area contributed by atoms with Gasteiger partial charge in [-0.2, -0.15) is 5.10 Å². The summed E-state index contributed by atoms with van der Waals surface area (Å²) in [5.74, 6) is 0. The van der Waals surface area contributed by atoms with Crippen LogP contribution in [0.15, 0.2) is 15.5 Å². The molecule has 0 amide bonds. The van der Waals surface area contributed by atoms with E-state index in [1.807, 2.05) is 6.92 Å². The fourth-order valence-corrected chi connectivity index (χ4v) is 3.03. The zero-order chi connectivity index (χ0) is 14.8. The second-order valence-electron chi connectivity index (χ2n) is 5.73. The molecule has 0 atom stereocenters. The number of hydrogen-bond acceptors (Lipinski definition) is 4. The van der Waals surface area contributed by atoms with E-state index in [9.17, 15) is 4.79 Å². The minimum absolute atomic E-state index is 0.0654. The van der Waals surface area contributed by atoms with Gasteiger partial charge in [-0.3, -0.25) is 4.79 Å². The lowest BCUT2D eigenvalue weighted by molar-refractivity contribution is 0.0739. The molecule has 0 unspecified atom stereocenters. The average Bonchev–Trinajstić information content (AvgIpc) is 2.36. The monoisotopic (exact) mass is 342 g/mol. The quantitative estimate of drug-likeness (QED) is 0.861. The normalized spacial score (nSPS) is 17.1. The molecule has 1 aliphatic rings. The second-order valence-corrected chi connectivity index (χ2v) is 6.52. The maximum Gasteiger partial charge on any atom is 0.283 e. The number of anilines is 1. The van der Waals surface area contributed by atoms with Crippen molar-refractivity contribution in [1.29, 1.82) is 0 Å². The van der Waals surface area contributed by atoms with Gasteiger partial charge in [0.2, 0.25) is 0 Å². The molecule has 1 aliphatic carbocycles. The molecule has 6 heteroatoms. The van der Waals surface area contributed by atoms with Gasteiger partial charge < -0.3 is 10.2 Å². The van der Waals surface area contributed by atoms with Crippen LogP contribution in [-0.4, -0.2) is 40.9 Å². The Bertz CT molecular complexity index is 522. The van der Waals surface area contributed by atoms with Gasteiger partial charge in [-0.15, -0.1) is 0 Å². The lowest BCUT2D eigenvalue weighted by Gasteiger charge is -2.47. The van der Waals surface area contributed by atoms with Gasteiger partial charge in [0.25, 0.3) is 5.56 Å². The van der Waals surface area contributed by atoms with Crippen LogP contribution in [0.25, 0.3) is 0 Å². The van der Waals surface area contributed by atoms with Crippen molar-refractivity contribution >= 4 is 21.6 Å². The summed E-state index contributed by atoms with van der Waals surface area (Å²) < 4.78 is 2.08. The number of hydrogen-bond donors (Lipinski definition) is 1. The third kappa shape index (κ3) is 2.91. The van der Waals surface area contributed by atoms with Gasteiger partial charge in [0.15, 0.2) is 0 Å². The molecular weight excluding hydrogens is 320 g/mol. The first-order valence-corrected chi connectivity index (χ1v) is 7.96. The summed E-state index contributed by atoms with van der Waals surface area (Å²) in [6.45, 7) is 3.53. The van der Waals surface area contributed by atoms with E-state index in [4.69, 9.17) is 0 Å². The van der Waals surface area contributed by atoms with Crippen LogP contribution in [0.4, 0.5) is 5.69 Å². The van der Waals surface area contributed by atoms with Crippen LogP contribution in [0.2, 0.25) is 0 Å². The van der Waals surface area contributed by atoms with E-state index in [2.05, 4.69) is 45.3 Å². The minimum atomic E-state index is -0.0654. The molecule has 20 heavy (non-hydrogen) atoms. The van der Waals surface area contributed by atoms with E-state index in [0.29, 0.717) is 11.0 Å². The topological polar surface area (TPSA) is 50.2 Å². The van der Waals surface area contributed by atoms with Gasteiger partial charge in [-0.25, -0.2) is 4.68 Å². The molecular formula is C14H23BrN4O. The van der Waals surface area contributed by atoms with Crippen molar-refractivity contribution in [3.8, 4) is 0 Å². The van der Waals surface area contributed by atoms with Crippen molar-refractivity contribution in [2.45, 2.75) is 44.7 Å². The van der Waals surface area contributed by atoms with E-state index in [1.165, 1.54) is 23.9 Å². The van der Waals surface area contributed by atoms with Crippen LogP contribution in [0.3, 0.4) is 0 Å². The highest BCUT2D eigenvalue weighted by Gasteiger charge is 2.38. The molecule has 1 heterocycles.